The van der Waals surface area contributed by atoms with Gasteiger partial charge in [0.1, 0.15) is 11.9 Å². The molecule has 250 valence electrons. The summed E-state index contributed by atoms with van der Waals surface area (Å²) in [7, 11) is 1.66. The summed E-state index contributed by atoms with van der Waals surface area (Å²) in [4.78, 5) is 57.2. The van der Waals surface area contributed by atoms with Crippen LogP contribution in [0.25, 0.3) is 0 Å². The zero-order valence-corrected chi connectivity index (χ0v) is 27.9. The van der Waals surface area contributed by atoms with Crippen LogP contribution in [0.2, 0.25) is 0 Å². The average molecular weight is 649 g/mol. The van der Waals surface area contributed by atoms with Gasteiger partial charge in [-0.2, -0.15) is 0 Å². The Hall–Kier alpha value is -4.30. The van der Waals surface area contributed by atoms with E-state index in [-0.39, 0.29) is 65.7 Å². The highest BCUT2D eigenvalue weighted by Crippen LogP contribution is 2.64. The lowest BCUT2D eigenvalue weighted by Gasteiger charge is -2.60. The molecule has 2 heterocycles. The average Bonchev–Trinajstić information content (AvgIpc) is 3.45. The highest BCUT2D eigenvalue weighted by molar-refractivity contribution is 5.99. The lowest BCUT2D eigenvalue weighted by molar-refractivity contribution is -0.142. The van der Waals surface area contributed by atoms with Gasteiger partial charge < -0.3 is 14.4 Å². The maximum Gasteiger partial charge on any atom is 0.223 e. The predicted octanol–water partition coefficient (Wildman–Crippen LogP) is 5.85. The number of nitrogens with zero attached hydrogens (tertiary/aromatic N) is 2. The fraction of sp³-hybridized carbons (Fsp3) is 0.450. The summed E-state index contributed by atoms with van der Waals surface area (Å²) >= 11 is 0. The second kappa shape index (κ2) is 13.3. The van der Waals surface area contributed by atoms with Crippen molar-refractivity contribution in [2.75, 3.05) is 26.7 Å². The van der Waals surface area contributed by atoms with E-state index in [2.05, 4.69) is 11.0 Å². The van der Waals surface area contributed by atoms with Crippen LogP contribution in [0.15, 0.2) is 72.8 Å². The van der Waals surface area contributed by atoms with Gasteiger partial charge in [0.25, 0.3) is 0 Å². The number of benzene rings is 3. The van der Waals surface area contributed by atoms with Crippen LogP contribution in [0.5, 0.6) is 11.5 Å². The molecule has 1 spiro atoms. The van der Waals surface area contributed by atoms with Crippen LogP contribution in [-0.2, 0) is 21.4 Å². The molecule has 48 heavy (non-hydrogen) atoms. The van der Waals surface area contributed by atoms with Gasteiger partial charge in [0.15, 0.2) is 23.1 Å². The molecule has 1 amide bonds. The molecule has 8 heteroatoms. The molecule has 1 saturated heterocycles. The van der Waals surface area contributed by atoms with E-state index in [9.17, 15) is 19.2 Å². The van der Waals surface area contributed by atoms with Gasteiger partial charge in [-0.3, -0.25) is 24.1 Å². The number of amides is 1. The fourth-order valence-electron chi connectivity index (χ4n) is 9.28. The number of carbonyl (C=O) groups is 4. The van der Waals surface area contributed by atoms with Gasteiger partial charge in [-0.15, -0.1) is 0 Å². The highest BCUT2D eigenvalue weighted by Gasteiger charge is 2.66. The van der Waals surface area contributed by atoms with Crippen molar-refractivity contribution in [1.29, 1.82) is 0 Å². The second-order valence-electron chi connectivity index (χ2n) is 14.0. The summed E-state index contributed by atoms with van der Waals surface area (Å²) in [5, 5.41) is 0. The number of piperidine rings is 1. The smallest absolute Gasteiger partial charge is 0.223 e. The Morgan fingerprint density at radius 1 is 0.896 bits per heavy atom. The molecule has 0 aromatic heterocycles. The van der Waals surface area contributed by atoms with Crippen LogP contribution < -0.4 is 9.47 Å². The van der Waals surface area contributed by atoms with Crippen molar-refractivity contribution in [2.24, 2.45) is 5.92 Å². The number of hydrogen-bond donors (Lipinski definition) is 0. The minimum atomic E-state index is -0.339. The van der Waals surface area contributed by atoms with E-state index < -0.39 is 0 Å². The van der Waals surface area contributed by atoms with Crippen LogP contribution in [0, 0.1) is 5.92 Å². The third-order valence-corrected chi connectivity index (χ3v) is 11.3. The Kier molecular flexibility index (Phi) is 8.94. The minimum Gasteiger partial charge on any atom is -0.493 e. The molecule has 2 bridgehead atoms. The van der Waals surface area contributed by atoms with Crippen molar-refractivity contribution in [1.82, 2.24) is 9.80 Å². The molecule has 5 atom stereocenters. The van der Waals surface area contributed by atoms with E-state index in [1.165, 1.54) is 11.1 Å². The molecule has 2 aliphatic carbocycles. The lowest BCUT2D eigenvalue weighted by atomic mass is 9.51. The topological polar surface area (TPSA) is 93.2 Å². The first-order valence-corrected chi connectivity index (χ1v) is 17.4. The zero-order valence-electron chi connectivity index (χ0n) is 27.9. The minimum absolute atomic E-state index is 0.0305. The number of hydrogen-bond acceptors (Lipinski definition) is 7. The molecule has 0 unspecified atom stereocenters. The van der Waals surface area contributed by atoms with Crippen LogP contribution >= 0.6 is 0 Å². The summed E-state index contributed by atoms with van der Waals surface area (Å²) in [5.41, 5.74) is 3.36. The fourth-order valence-corrected chi connectivity index (χ4v) is 9.28. The number of ketones is 3. The van der Waals surface area contributed by atoms with Crippen LogP contribution in [0.3, 0.4) is 0 Å². The zero-order chi connectivity index (χ0) is 33.4. The van der Waals surface area contributed by atoms with Gasteiger partial charge in [0.05, 0.1) is 26.2 Å². The first kappa shape index (κ1) is 32.3. The first-order valence-electron chi connectivity index (χ1n) is 17.4. The standard InChI is InChI=1S/C40H44N2O6/c1-26(43)24-41-22-21-40-30-18-19-31(39(40)48-38-35(47-2)20-17-29(37(38)40)23-32(30)41)42(25-34(45)28-13-7-4-8-14-28)36(46)16-10-9-15-33(44)27-11-5-3-6-12-27/h3-8,11-14,17,20,30-32,39H,9-10,15-16,18-19,21-25H2,1-2H3/t30-,31-,32+,39-,40-/m0/s1. The Morgan fingerprint density at radius 3 is 2.27 bits per heavy atom. The number of methoxy groups -OCH3 is 1. The maximum atomic E-state index is 14.3. The molecule has 0 N–H and O–H groups in total. The Morgan fingerprint density at radius 2 is 1.58 bits per heavy atom. The van der Waals surface area contributed by atoms with Crippen LogP contribution in [-0.4, -0.2) is 78.0 Å². The predicted molar refractivity (Wildman–Crippen MR) is 182 cm³/mol. The van der Waals surface area contributed by atoms with E-state index in [4.69, 9.17) is 9.47 Å². The number of carbonyl (C=O) groups excluding carboxylic acids is 4. The normalized spacial score (nSPS) is 25.0. The summed E-state index contributed by atoms with van der Waals surface area (Å²) < 4.78 is 12.8. The Labute approximate surface area is 282 Å². The van der Waals surface area contributed by atoms with Crippen molar-refractivity contribution in [3.05, 3.63) is 95.1 Å². The largest absolute Gasteiger partial charge is 0.493 e. The van der Waals surface area contributed by atoms with Crippen molar-refractivity contribution in [3.63, 3.8) is 0 Å². The number of ether oxygens (including phenoxy) is 2. The van der Waals surface area contributed by atoms with Crippen LogP contribution in [0.4, 0.5) is 0 Å². The van der Waals surface area contributed by atoms with E-state index in [0.29, 0.717) is 49.1 Å². The van der Waals surface area contributed by atoms with Gasteiger partial charge in [0, 0.05) is 41.0 Å². The summed E-state index contributed by atoms with van der Waals surface area (Å²) in [6.45, 7) is 2.84. The van der Waals surface area contributed by atoms with Crippen LogP contribution in [0.1, 0.15) is 83.7 Å². The molecule has 2 aliphatic heterocycles. The second-order valence-corrected chi connectivity index (χ2v) is 14.0. The van der Waals surface area contributed by atoms with Crippen molar-refractivity contribution in [3.8, 4) is 11.5 Å². The van der Waals surface area contributed by atoms with E-state index in [1.807, 2.05) is 54.6 Å². The van der Waals surface area contributed by atoms with Crippen molar-refractivity contribution >= 4 is 23.3 Å². The number of Topliss-reactive ketones (excluding diaryl/α,β-unsaturated/α-hetero) is 3. The van der Waals surface area contributed by atoms with E-state index in [0.717, 1.165) is 31.6 Å². The molecular formula is C40H44N2O6. The molecule has 8 nitrogen and oxygen atoms in total. The molecule has 4 aliphatic rings. The number of rotatable bonds is 13. The van der Waals surface area contributed by atoms with Gasteiger partial charge in [-0.25, -0.2) is 0 Å². The quantitative estimate of drug-likeness (QED) is 0.170. The van der Waals surface area contributed by atoms with Gasteiger partial charge in [0.2, 0.25) is 5.91 Å². The molecule has 0 radical (unpaired) electrons. The molecular weight excluding hydrogens is 604 g/mol. The highest BCUT2D eigenvalue weighted by atomic mass is 16.5. The molecule has 3 aromatic rings. The van der Waals surface area contributed by atoms with Crippen molar-refractivity contribution < 1.29 is 28.7 Å². The maximum absolute atomic E-state index is 14.3. The Bertz CT molecular complexity index is 1710. The number of unbranched alkanes of at least 4 members (excludes halogenated alkanes) is 1. The van der Waals surface area contributed by atoms with E-state index in [1.54, 1.807) is 31.1 Å². The third kappa shape index (κ3) is 5.64. The third-order valence-electron chi connectivity index (χ3n) is 11.3. The van der Waals surface area contributed by atoms with Gasteiger partial charge in [-0.1, -0.05) is 66.7 Å². The Balaban J connectivity index is 1.18. The monoisotopic (exact) mass is 648 g/mol. The van der Waals surface area contributed by atoms with Crippen molar-refractivity contribution in [2.45, 2.75) is 81.9 Å². The summed E-state index contributed by atoms with van der Waals surface area (Å²) in [5.74, 6) is 1.79. The van der Waals surface area contributed by atoms with E-state index >= 15 is 0 Å². The SMILES string of the molecule is COc1ccc2c3c1O[C@H]1[C@@H](N(CC(=O)c4ccccc4)C(=O)CCCCC(=O)c4ccccc4)CC[C@H]4[C@@H](C2)N(CC(C)=O)CC[C@@]341. The van der Waals surface area contributed by atoms with Gasteiger partial charge >= 0.3 is 0 Å². The first-order chi connectivity index (χ1) is 23.3. The molecule has 7 rings (SSSR count). The van der Waals surface area contributed by atoms with Gasteiger partial charge in [-0.05, 0) is 69.5 Å². The molecule has 1 saturated carbocycles. The summed E-state index contributed by atoms with van der Waals surface area (Å²) in [6, 6.07) is 22.4. The molecule has 3 aromatic carbocycles. The number of likely N-dealkylation sites (tertiary alicyclic amines) is 1. The summed E-state index contributed by atoms with van der Waals surface area (Å²) in [6.07, 6.45) is 4.67. The lowest BCUT2D eigenvalue weighted by Crippen LogP contribution is -2.69. The molecule has 2 fully saturated rings.